The summed E-state index contributed by atoms with van der Waals surface area (Å²) in [5, 5.41) is 0. The Morgan fingerprint density at radius 2 is 0.800 bits per heavy atom. The van der Waals surface area contributed by atoms with Gasteiger partial charge in [-0.2, -0.15) is 0 Å². The van der Waals surface area contributed by atoms with E-state index in [4.69, 9.17) is 0 Å². The van der Waals surface area contributed by atoms with Gasteiger partial charge in [0, 0.05) is 0 Å². The third kappa shape index (κ3) is 3.35. The fourth-order valence-corrected chi connectivity index (χ4v) is 17.5. The molecule has 0 rings (SSSR count). The normalized spacial score (nSPS) is 12.6. The first kappa shape index (κ1) is 10.9. The Balaban J connectivity index is 3.98. The van der Waals surface area contributed by atoms with E-state index in [2.05, 4.69) is 41.5 Å². The molecule has 0 aromatic heterocycles. The van der Waals surface area contributed by atoms with E-state index in [1.807, 2.05) is 0 Å². The monoisotopic (exact) mass is 337 g/mol. The molecule has 0 bridgehead atoms. The molecule has 0 aromatic rings. The number of rotatable bonds is 3. The average Bonchev–Trinajstić information content (AvgIpc) is 1.59. The van der Waals surface area contributed by atoms with Gasteiger partial charge >= 0.3 is 74.7 Å². The maximum atomic E-state index is 2.42. The van der Waals surface area contributed by atoms with Crippen LogP contribution in [0.25, 0.3) is 0 Å². The maximum absolute atomic E-state index is 2.42. The van der Waals surface area contributed by atoms with Gasteiger partial charge < -0.3 is 0 Å². The Morgan fingerprint density at radius 3 is 0.800 bits per heavy atom. The van der Waals surface area contributed by atoms with Crippen molar-refractivity contribution in [3.63, 3.8) is 0 Å². The number of hydrogen-bond acceptors (Lipinski definition) is 0. The van der Waals surface area contributed by atoms with Crippen LogP contribution in [0.4, 0.5) is 0 Å². The van der Waals surface area contributed by atoms with Crippen LogP contribution in [-0.2, 0) is 0 Å². The van der Waals surface area contributed by atoms with E-state index in [1.165, 1.54) is 0 Å². The molecule has 0 spiro atoms. The van der Waals surface area contributed by atoms with E-state index in [9.17, 15) is 0 Å². The SMILES string of the molecule is C[CH](C)[Pb]([CH](C)C)[CH](C)C. The van der Waals surface area contributed by atoms with Gasteiger partial charge in [0.05, 0.1) is 0 Å². The van der Waals surface area contributed by atoms with Gasteiger partial charge in [0.1, 0.15) is 0 Å². The van der Waals surface area contributed by atoms with Crippen LogP contribution < -0.4 is 0 Å². The molecule has 0 heterocycles. The summed E-state index contributed by atoms with van der Waals surface area (Å²) < 4.78 is 3.14. The zero-order valence-electron chi connectivity index (χ0n) is 8.23. The van der Waals surface area contributed by atoms with Crippen LogP contribution in [0, 0.1) is 0 Å². The molecule has 0 amide bonds. The van der Waals surface area contributed by atoms with Gasteiger partial charge in [-0.15, -0.1) is 0 Å². The predicted molar refractivity (Wildman–Crippen MR) is 51.0 cm³/mol. The first-order valence-corrected chi connectivity index (χ1v) is 11.1. The van der Waals surface area contributed by atoms with E-state index in [-0.39, 0.29) is 0 Å². The quantitative estimate of drug-likeness (QED) is 0.689. The van der Waals surface area contributed by atoms with E-state index >= 15 is 0 Å². The third-order valence-corrected chi connectivity index (χ3v) is 17.5. The summed E-state index contributed by atoms with van der Waals surface area (Å²) >= 11 is -1.17. The first-order chi connectivity index (χ1) is 4.46. The molecule has 1 radical (unpaired) electrons. The van der Waals surface area contributed by atoms with Gasteiger partial charge in [0.25, 0.3) is 0 Å². The number of hydrogen-bond donors (Lipinski definition) is 0. The fourth-order valence-electron chi connectivity index (χ4n) is 2.00. The molecule has 0 fully saturated rings. The standard InChI is InChI=1S/3C3H7.Pb/c3*1-3-2;/h3*3H,1-2H3;. The molecule has 0 atom stereocenters. The molecule has 10 heavy (non-hydrogen) atoms. The molecular formula is C9H21Pb. The molecular weight excluding hydrogens is 315 g/mol. The second kappa shape index (κ2) is 4.73. The minimum absolute atomic E-state index is 1.05. The van der Waals surface area contributed by atoms with Crippen LogP contribution in [-0.4, -0.2) is 22.7 Å². The Labute approximate surface area is 74.5 Å². The van der Waals surface area contributed by atoms with Crippen LogP contribution >= 0.6 is 0 Å². The van der Waals surface area contributed by atoms with Crippen molar-refractivity contribution >= 4 is 22.7 Å². The molecule has 0 saturated heterocycles. The fraction of sp³-hybridized carbons (Fsp3) is 1.00. The predicted octanol–water partition coefficient (Wildman–Crippen LogP) is 3.71. The summed E-state index contributed by atoms with van der Waals surface area (Å²) in [7, 11) is 0. The van der Waals surface area contributed by atoms with Crippen molar-refractivity contribution in [3.8, 4) is 0 Å². The zero-order valence-corrected chi connectivity index (χ0v) is 12.1. The Kier molecular flexibility index (Phi) is 5.17. The second-order valence-corrected chi connectivity index (χ2v) is 21.3. The first-order valence-electron chi connectivity index (χ1n) is 4.33. The van der Waals surface area contributed by atoms with Crippen molar-refractivity contribution in [3.05, 3.63) is 0 Å². The topological polar surface area (TPSA) is 0 Å². The van der Waals surface area contributed by atoms with Crippen molar-refractivity contribution in [2.24, 2.45) is 0 Å². The van der Waals surface area contributed by atoms with E-state index in [0.29, 0.717) is 0 Å². The molecule has 1 heteroatoms. The minimum atomic E-state index is -1.17. The van der Waals surface area contributed by atoms with Gasteiger partial charge in [-0.3, -0.25) is 0 Å². The van der Waals surface area contributed by atoms with Gasteiger partial charge in [-0.05, 0) is 0 Å². The Morgan fingerprint density at radius 1 is 0.600 bits per heavy atom. The van der Waals surface area contributed by atoms with Gasteiger partial charge in [-0.25, -0.2) is 0 Å². The van der Waals surface area contributed by atoms with Crippen LogP contribution in [0.5, 0.6) is 0 Å². The van der Waals surface area contributed by atoms with E-state index in [1.54, 1.807) is 0 Å². The summed E-state index contributed by atoms with van der Waals surface area (Å²) in [6, 6.07) is 0. The van der Waals surface area contributed by atoms with Gasteiger partial charge in [0.15, 0.2) is 0 Å². The molecule has 0 nitrogen and oxygen atoms in total. The van der Waals surface area contributed by atoms with E-state index < -0.39 is 22.7 Å². The average molecular weight is 336 g/mol. The molecule has 0 aliphatic rings. The molecule has 0 aromatic carbocycles. The summed E-state index contributed by atoms with van der Waals surface area (Å²) in [4.78, 5) is 0. The Hall–Kier alpha value is 0.922. The van der Waals surface area contributed by atoms with Crippen molar-refractivity contribution in [2.75, 3.05) is 0 Å². The molecule has 0 unspecified atom stereocenters. The van der Waals surface area contributed by atoms with Gasteiger partial charge in [-0.1, -0.05) is 0 Å². The molecule has 0 aliphatic heterocycles. The van der Waals surface area contributed by atoms with Gasteiger partial charge in [0.2, 0.25) is 0 Å². The molecule has 0 saturated carbocycles. The molecule has 0 N–H and O–H groups in total. The van der Waals surface area contributed by atoms with E-state index in [0.717, 1.165) is 10.4 Å². The molecule has 61 valence electrons. The molecule has 0 aliphatic carbocycles. The Bertz CT molecular complexity index is 65.7. The summed E-state index contributed by atoms with van der Waals surface area (Å²) in [6.45, 7) is 14.5. The second-order valence-electron chi connectivity index (χ2n) is 3.96. The van der Waals surface area contributed by atoms with Crippen LogP contribution in [0.2, 0.25) is 10.4 Å². The van der Waals surface area contributed by atoms with Crippen molar-refractivity contribution in [1.82, 2.24) is 0 Å². The zero-order chi connectivity index (χ0) is 8.31. The summed E-state index contributed by atoms with van der Waals surface area (Å²) in [6.07, 6.45) is 0. The van der Waals surface area contributed by atoms with Crippen LogP contribution in [0.1, 0.15) is 41.5 Å². The van der Waals surface area contributed by atoms with Crippen LogP contribution in [0.3, 0.4) is 0 Å². The third-order valence-electron chi connectivity index (χ3n) is 2.00. The van der Waals surface area contributed by atoms with Crippen molar-refractivity contribution in [2.45, 2.75) is 52.0 Å². The summed E-state index contributed by atoms with van der Waals surface area (Å²) in [5.41, 5.74) is 0. The van der Waals surface area contributed by atoms with Crippen molar-refractivity contribution < 1.29 is 0 Å². The summed E-state index contributed by atoms with van der Waals surface area (Å²) in [5.74, 6) is 0. The van der Waals surface area contributed by atoms with Crippen LogP contribution in [0.15, 0.2) is 0 Å². The van der Waals surface area contributed by atoms with Crippen molar-refractivity contribution in [1.29, 1.82) is 0 Å².